The lowest BCUT2D eigenvalue weighted by Crippen LogP contribution is -2.31. The molecule has 2 unspecified atom stereocenters. The van der Waals surface area contributed by atoms with Crippen LogP contribution in [0.2, 0.25) is 0 Å². The second-order valence-corrected chi connectivity index (χ2v) is 7.93. The number of hydrogen-bond donors (Lipinski definition) is 0. The van der Waals surface area contributed by atoms with Gasteiger partial charge in [-0.2, -0.15) is 13.2 Å². The first kappa shape index (κ1) is 16.7. The number of aromatic nitrogens is 3. The second-order valence-electron chi connectivity index (χ2n) is 7.04. The van der Waals surface area contributed by atoms with E-state index in [2.05, 4.69) is 19.9 Å². The SMILES string of the molecule is FC(F)(F)c1cccnc1N1CC2CN(c3ncnc4sccc34)CC2C1. The van der Waals surface area contributed by atoms with E-state index in [4.69, 9.17) is 0 Å². The molecule has 0 amide bonds. The highest BCUT2D eigenvalue weighted by molar-refractivity contribution is 7.16. The Labute approximate surface area is 157 Å². The molecule has 2 atom stereocenters. The van der Waals surface area contributed by atoms with E-state index in [1.807, 2.05) is 11.4 Å². The minimum Gasteiger partial charge on any atom is -0.355 e. The van der Waals surface area contributed by atoms with Crippen molar-refractivity contribution in [2.45, 2.75) is 6.18 Å². The largest absolute Gasteiger partial charge is 0.419 e. The van der Waals surface area contributed by atoms with Crippen LogP contribution in [0.3, 0.4) is 0 Å². The molecule has 2 aliphatic rings. The quantitative estimate of drug-likeness (QED) is 0.667. The van der Waals surface area contributed by atoms with E-state index in [-0.39, 0.29) is 5.82 Å². The summed E-state index contributed by atoms with van der Waals surface area (Å²) in [6, 6.07) is 4.47. The highest BCUT2D eigenvalue weighted by atomic mass is 32.1. The Hall–Kier alpha value is -2.42. The molecule has 9 heteroatoms. The van der Waals surface area contributed by atoms with Gasteiger partial charge < -0.3 is 9.80 Å². The van der Waals surface area contributed by atoms with Crippen LogP contribution in [0.5, 0.6) is 0 Å². The Morgan fingerprint density at radius 3 is 2.33 bits per heavy atom. The molecule has 0 radical (unpaired) electrons. The maximum absolute atomic E-state index is 13.3. The third-order valence-electron chi connectivity index (χ3n) is 5.42. The van der Waals surface area contributed by atoms with E-state index in [9.17, 15) is 13.2 Å². The molecule has 5 rings (SSSR count). The number of anilines is 2. The van der Waals surface area contributed by atoms with Crippen LogP contribution in [0, 0.1) is 11.8 Å². The summed E-state index contributed by atoms with van der Waals surface area (Å²) < 4.78 is 39.9. The smallest absolute Gasteiger partial charge is 0.355 e. The van der Waals surface area contributed by atoms with Gasteiger partial charge in [0.25, 0.3) is 0 Å². The van der Waals surface area contributed by atoms with Gasteiger partial charge in [0.05, 0.1) is 10.9 Å². The molecule has 2 aliphatic heterocycles. The first-order chi connectivity index (χ1) is 13.0. The first-order valence-corrected chi connectivity index (χ1v) is 9.59. The molecule has 140 valence electrons. The van der Waals surface area contributed by atoms with Gasteiger partial charge in [0.15, 0.2) is 0 Å². The number of hydrogen-bond acceptors (Lipinski definition) is 6. The summed E-state index contributed by atoms with van der Waals surface area (Å²) in [7, 11) is 0. The molecule has 0 saturated carbocycles. The number of pyridine rings is 1. The molecule has 5 heterocycles. The fraction of sp³-hybridized carbons (Fsp3) is 0.389. The summed E-state index contributed by atoms with van der Waals surface area (Å²) in [4.78, 5) is 17.8. The average molecular weight is 391 g/mol. The van der Waals surface area contributed by atoms with Gasteiger partial charge >= 0.3 is 6.18 Å². The summed E-state index contributed by atoms with van der Waals surface area (Å²) in [5.74, 6) is 1.58. The highest BCUT2D eigenvalue weighted by Crippen LogP contribution is 2.41. The fourth-order valence-corrected chi connectivity index (χ4v) is 4.97. The monoisotopic (exact) mass is 391 g/mol. The van der Waals surface area contributed by atoms with E-state index < -0.39 is 11.7 Å². The molecular formula is C18H16F3N5S. The van der Waals surface area contributed by atoms with E-state index >= 15 is 0 Å². The zero-order chi connectivity index (χ0) is 18.6. The molecule has 2 fully saturated rings. The Kier molecular flexibility index (Phi) is 3.75. The number of rotatable bonds is 2. The average Bonchev–Trinajstić information content (AvgIpc) is 3.34. The van der Waals surface area contributed by atoms with Crippen molar-refractivity contribution in [3.63, 3.8) is 0 Å². The van der Waals surface area contributed by atoms with Crippen LogP contribution >= 0.6 is 11.3 Å². The maximum Gasteiger partial charge on any atom is 0.419 e. The highest BCUT2D eigenvalue weighted by Gasteiger charge is 2.44. The van der Waals surface area contributed by atoms with Crippen molar-refractivity contribution >= 4 is 33.2 Å². The van der Waals surface area contributed by atoms with Crippen molar-refractivity contribution in [1.29, 1.82) is 0 Å². The molecule has 0 bridgehead atoms. The number of halogens is 3. The van der Waals surface area contributed by atoms with E-state index in [0.29, 0.717) is 24.9 Å². The molecule has 0 aliphatic carbocycles. The van der Waals surface area contributed by atoms with Crippen LogP contribution in [0.15, 0.2) is 36.1 Å². The lowest BCUT2D eigenvalue weighted by Gasteiger charge is -2.25. The van der Waals surface area contributed by atoms with Gasteiger partial charge in [-0.3, -0.25) is 0 Å². The first-order valence-electron chi connectivity index (χ1n) is 8.71. The summed E-state index contributed by atoms with van der Waals surface area (Å²) in [6.45, 7) is 2.74. The van der Waals surface area contributed by atoms with Crippen molar-refractivity contribution in [3.05, 3.63) is 41.7 Å². The summed E-state index contributed by atoms with van der Waals surface area (Å²) in [5.41, 5.74) is -0.655. The third kappa shape index (κ3) is 2.80. The molecule has 5 nitrogen and oxygen atoms in total. The van der Waals surface area contributed by atoms with Crippen LogP contribution in [-0.2, 0) is 6.18 Å². The predicted molar refractivity (Wildman–Crippen MR) is 98.1 cm³/mol. The van der Waals surface area contributed by atoms with Crippen molar-refractivity contribution in [2.24, 2.45) is 11.8 Å². The maximum atomic E-state index is 13.3. The normalized spacial score (nSPS) is 22.6. The summed E-state index contributed by atoms with van der Waals surface area (Å²) in [5, 5.41) is 3.05. The molecule has 2 saturated heterocycles. The second kappa shape index (κ2) is 6.05. The van der Waals surface area contributed by atoms with E-state index in [1.54, 1.807) is 22.6 Å². The zero-order valence-corrected chi connectivity index (χ0v) is 15.0. The van der Waals surface area contributed by atoms with Gasteiger partial charge in [-0.25, -0.2) is 15.0 Å². The molecule has 27 heavy (non-hydrogen) atoms. The van der Waals surface area contributed by atoms with Crippen molar-refractivity contribution in [2.75, 3.05) is 36.0 Å². The summed E-state index contributed by atoms with van der Waals surface area (Å²) in [6.07, 6.45) is -1.38. The molecule has 3 aromatic rings. The van der Waals surface area contributed by atoms with Gasteiger partial charge in [0.1, 0.15) is 22.8 Å². The zero-order valence-electron chi connectivity index (χ0n) is 14.2. The van der Waals surface area contributed by atoms with Crippen LogP contribution in [-0.4, -0.2) is 41.1 Å². The lowest BCUT2D eigenvalue weighted by atomic mass is 10.0. The van der Waals surface area contributed by atoms with Crippen LogP contribution < -0.4 is 9.80 Å². The van der Waals surface area contributed by atoms with Crippen LogP contribution in [0.1, 0.15) is 5.56 Å². The predicted octanol–water partition coefficient (Wildman–Crippen LogP) is 3.68. The number of fused-ring (bicyclic) bond motifs is 2. The number of nitrogens with zero attached hydrogens (tertiary/aromatic N) is 5. The van der Waals surface area contributed by atoms with Gasteiger partial charge in [0, 0.05) is 44.2 Å². The topological polar surface area (TPSA) is 45.2 Å². The molecule has 0 N–H and O–H groups in total. The number of thiophene rings is 1. The van der Waals surface area contributed by atoms with Crippen molar-refractivity contribution in [3.8, 4) is 0 Å². The van der Waals surface area contributed by atoms with E-state index in [0.717, 1.165) is 35.2 Å². The third-order valence-corrected chi connectivity index (χ3v) is 6.24. The van der Waals surface area contributed by atoms with Gasteiger partial charge in [0.2, 0.25) is 0 Å². The van der Waals surface area contributed by atoms with Gasteiger partial charge in [-0.15, -0.1) is 11.3 Å². The summed E-state index contributed by atoms with van der Waals surface area (Å²) >= 11 is 1.58. The number of alkyl halides is 3. The van der Waals surface area contributed by atoms with Crippen LogP contribution in [0.4, 0.5) is 24.8 Å². The molecule has 0 aromatic carbocycles. The van der Waals surface area contributed by atoms with Gasteiger partial charge in [-0.1, -0.05) is 0 Å². The van der Waals surface area contributed by atoms with Crippen LogP contribution in [0.25, 0.3) is 10.2 Å². The minimum atomic E-state index is -4.39. The molecule has 3 aromatic heterocycles. The lowest BCUT2D eigenvalue weighted by molar-refractivity contribution is -0.137. The van der Waals surface area contributed by atoms with E-state index in [1.165, 1.54) is 12.3 Å². The molecular weight excluding hydrogens is 375 g/mol. The molecule has 0 spiro atoms. The van der Waals surface area contributed by atoms with Crippen molar-refractivity contribution in [1.82, 2.24) is 15.0 Å². The Balaban J connectivity index is 1.37. The standard InChI is InChI=1S/C18H16F3N5S/c19-18(20,21)14-2-1-4-22-16(14)26-8-11-6-25(7-12(11)9-26)15-13-3-5-27-17(13)24-10-23-15/h1-5,10-12H,6-9H2. The Morgan fingerprint density at radius 1 is 0.926 bits per heavy atom. The fourth-order valence-electron chi connectivity index (χ4n) is 4.24. The Bertz CT molecular complexity index is 974. The van der Waals surface area contributed by atoms with Crippen molar-refractivity contribution < 1.29 is 13.2 Å². The van der Waals surface area contributed by atoms with Gasteiger partial charge in [-0.05, 0) is 23.6 Å². The minimum absolute atomic E-state index is 0.0493. The Morgan fingerprint density at radius 2 is 1.63 bits per heavy atom.